The van der Waals surface area contributed by atoms with E-state index in [1.54, 1.807) is 0 Å². The van der Waals surface area contributed by atoms with Crippen LogP contribution in [-0.4, -0.2) is 35.1 Å². The first-order valence-corrected chi connectivity index (χ1v) is 7.37. The van der Waals surface area contributed by atoms with E-state index in [9.17, 15) is 4.79 Å². The largest absolute Gasteiger partial charge is 0.459 e. The van der Waals surface area contributed by atoms with Crippen LogP contribution in [0.1, 0.15) is 59.8 Å². The number of likely N-dealkylation sites (tertiary alicyclic amines) is 1. The molecule has 18 heavy (non-hydrogen) atoms. The summed E-state index contributed by atoms with van der Waals surface area (Å²) in [5.41, 5.74) is -0.379. The molecule has 1 saturated heterocycles. The van der Waals surface area contributed by atoms with Crippen molar-refractivity contribution in [1.82, 2.24) is 4.90 Å². The molecule has 1 aliphatic carbocycles. The molecule has 2 rings (SSSR count). The van der Waals surface area contributed by atoms with Crippen LogP contribution in [0, 0.1) is 5.92 Å². The third-order valence-electron chi connectivity index (χ3n) is 4.28. The van der Waals surface area contributed by atoms with E-state index in [2.05, 4.69) is 4.90 Å². The highest BCUT2D eigenvalue weighted by Gasteiger charge is 2.39. The summed E-state index contributed by atoms with van der Waals surface area (Å²) in [4.78, 5) is 14.6. The molecule has 3 nitrogen and oxygen atoms in total. The number of piperidine rings is 1. The second-order valence-electron chi connectivity index (χ2n) is 6.85. The molecule has 0 amide bonds. The summed E-state index contributed by atoms with van der Waals surface area (Å²) in [6.07, 6.45) is 6.52. The maximum absolute atomic E-state index is 12.2. The van der Waals surface area contributed by atoms with Gasteiger partial charge < -0.3 is 4.74 Å². The first-order chi connectivity index (χ1) is 8.38. The molecule has 1 saturated carbocycles. The lowest BCUT2D eigenvalue weighted by atomic mass is 9.91. The Bertz CT molecular complexity index is 308. The van der Waals surface area contributed by atoms with E-state index in [-0.39, 0.29) is 17.6 Å². The van der Waals surface area contributed by atoms with Gasteiger partial charge in [-0.25, -0.2) is 0 Å². The predicted molar refractivity (Wildman–Crippen MR) is 72.4 cm³/mol. The molecule has 0 bridgehead atoms. The Kier molecular flexibility index (Phi) is 4.00. The number of esters is 1. The lowest BCUT2D eigenvalue weighted by molar-refractivity contribution is -0.162. The summed E-state index contributed by atoms with van der Waals surface area (Å²) in [5.74, 6) is 0.763. The number of fused-ring (bicyclic) bond motifs is 1. The summed E-state index contributed by atoms with van der Waals surface area (Å²) in [7, 11) is 0. The number of hydrogen-bond donors (Lipinski definition) is 0. The zero-order valence-electron chi connectivity index (χ0n) is 12.2. The van der Waals surface area contributed by atoms with Gasteiger partial charge in [-0.05, 0) is 65.8 Å². The Morgan fingerprint density at radius 3 is 2.56 bits per heavy atom. The van der Waals surface area contributed by atoms with Gasteiger partial charge in [0.05, 0.1) is 0 Å². The first-order valence-electron chi connectivity index (χ1n) is 7.37. The van der Waals surface area contributed by atoms with E-state index in [1.807, 2.05) is 27.7 Å². The van der Waals surface area contributed by atoms with Gasteiger partial charge in [-0.2, -0.15) is 0 Å². The molecule has 0 aromatic heterocycles. The van der Waals surface area contributed by atoms with Gasteiger partial charge in [0.1, 0.15) is 11.6 Å². The van der Waals surface area contributed by atoms with Crippen LogP contribution in [0.4, 0.5) is 0 Å². The van der Waals surface area contributed by atoms with E-state index in [1.165, 1.54) is 32.1 Å². The smallest absolute Gasteiger partial charge is 0.323 e. The van der Waals surface area contributed by atoms with Gasteiger partial charge in [0, 0.05) is 6.04 Å². The van der Waals surface area contributed by atoms with Crippen molar-refractivity contribution in [3.8, 4) is 0 Å². The van der Waals surface area contributed by atoms with Crippen LogP contribution in [0.15, 0.2) is 0 Å². The highest BCUT2D eigenvalue weighted by atomic mass is 16.6. The van der Waals surface area contributed by atoms with Crippen LogP contribution >= 0.6 is 0 Å². The Labute approximate surface area is 111 Å². The van der Waals surface area contributed by atoms with Gasteiger partial charge in [0.25, 0.3) is 0 Å². The Morgan fingerprint density at radius 2 is 1.89 bits per heavy atom. The van der Waals surface area contributed by atoms with Gasteiger partial charge in [-0.15, -0.1) is 0 Å². The van der Waals surface area contributed by atoms with Crippen molar-refractivity contribution < 1.29 is 9.53 Å². The van der Waals surface area contributed by atoms with Crippen molar-refractivity contribution in [2.45, 2.75) is 77.5 Å². The van der Waals surface area contributed by atoms with Gasteiger partial charge in [-0.1, -0.05) is 6.42 Å². The number of rotatable bonds is 2. The molecule has 0 radical (unpaired) electrons. The summed E-state index contributed by atoms with van der Waals surface area (Å²) < 4.78 is 5.52. The number of carbonyl (C=O) groups is 1. The van der Waals surface area contributed by atoms with Crippen molar-refractivity contribution in [3.05, 3.63) is 0 Å². The van der Waals surface area contributed by atoms with E-state index in [4.69, 9.17) is 4.74 Å². The molecule has 3 heteroatoms. The third kappa shape index (κ3) is 3.05. The quantitative estimate of drug-likeness (QED) is 0.709. The molecule has 0 aromatic carbocycles. The minimum Gasteiger partial charge on any atom is -0.459 e. The molecular formula is C15H27NO2. The van der Waals surface area contributed by atoms with Crippen molar-refractivity contribution in [3.63, 3.8) is 0 Å². The van der Waals surface area contributed by atoms with Crippen molar-refractivity contribution >= 4 is 5.97 Å². The number of ether oxygens (including phenoxy) is 1. The highest BCUT2D eigenvalue weighted by Crippen LogP contribution is 2.37. The van der Waals surface area contributed by atoms with E-state index < -0.39 is 0 Å². The topological polar surface area (TPSA) is 29.5 Å². The van der Waals surface area contributed by atoms with Crippen LogP contribution in [0.2, 0.25) is 0 Å². The summed E-state index contributed by atoms with van der Waals surface area (Å²) >= 11 is 0. The van der Waals surface area contributed by atoms with Crippen LogP contribution in [0.25, 0.3) is 0 Å². The van der Waals surface area contributed by atoms with E-state index >= 15 is 0 Å². The molecule has 1 aliphatic heterocycles. The summed E-state index contributed by atoms with van der Waals surface area (Å²) in [6.45, 7) is 8.88. The minimum absolute atomic E-state index is 0.0601. The summed E-state index contributed by atoms with van der Waals surface area (Å²) in [6, 6.07) is 0.538. The second kappa shape index (κ2) is 5.20. The van der Waals surface area contributed by atoms with Gasteiger partial charge in [0.2, 0.25) is 0 Å². The zero-order valence-corrected chi connectivity index (χ0v) is 12.2. The van der Waals surface area contributed by atoms with Crippen LogP contribution in [0.3, 0.4) is 0 Å². The van der Waals surface area contributed by atoms with Crippen LogP contribution in [-0.2, 0) is 9.53 Å². The number of carbonyl (C=O) groups excluding carboxylic acids is 1. The SMILES string of the molecule is CC(C(=O)OC(C)(C)C)N1CCCC2CCCC21. The predicted octanol–water partition coefficient (Wildman–Crippen LogP) is 2.98. The minimum atomic E-state index is -0.379. The van der Waals surface area contributed by atoms with E-state index in [0.29, 0.717) is 6.04 Å². The molecule has 2 fully saturated rings. The Morgan fingerprint density at radius 1 is 1.22 bits per heavy atom. The lowest BCUT2D eigenvalue weighted by Crippen LogP contribution is -2.51. The second-order valence-corrected chi connectivity index (χ2v) is 6.85. The standard InChI is InChI=1S/C15H27NO2/c1-11(14(17)18-15(2,3)4)16-10-6-8-12-7-5-9-13(12)16/h11-13H,5-10H2,1-4H3. The van der Waals surface area contributed by atoms with E-state index in [0.717, 1.165) is 12.5 Å². The molecule has 2 aliphatic rings. The molecule has 1 heterocycles. The van der Waals surface area contributed by atoms with Gasteiger partial charge in [0.15, 0.2) is 0 Å². The fourth-order valence-corrected chi connectivity index (χ4v) is 3.50. The van der Waals surface area contributed by atoms with Crippen molar-refractivity contribution in [2.75, 3.05) is 6.54 Å². The maximum Gasteiger partial charge on any atom is 0.323 e. The van der Waals surface area contributed by atoms with Gasteiger partial charge >= 0.3 is 5.97 Å². The van der Waals surface area contributed by atoms with Crippen molar-refractivity contribution in [2.24, 2.45) is 5.92 Å². The Hall–Kier alpha value is -0.570. The van der Waals surface area contributed by atoms with Crippen molar-refractivity contribution in [1.29, 1.82) is 0 Å². The summed E-state index contributed by atoms with van der Waals surface area (Å²) in [5, 5.41) is 0. The average Bonchev–Trinajstić information content (AvgIpc) is 2.73. The number of hydrogen-bond acceptors (Lipinski definition) is 3. The molecule has 3 atom stereocenters. The van der Waals surface area contributed by atoms with Gasteiger partial charge in [-0.3, -0.25) is 9.69 Å². The average molecular weight is 253 g/mol. The monoisotopic (exact) mass is 253 g/mol. The highest BCUT2D eigenvalue weighted by molar-refractivity contribution is 5.75. The Balaban J connectivity index is 1.99. The maximum atomic E-state index is 12.2. The number of nitrogens with zero attached hydrogens (tertiary/aromatic N) is 1. The third-order valence-corrected chi connectivity index (χ3v) is 4.28. The van der Waals surface area contributed by atoms with Crippen LogP contribution < -0.4 is 0 Å². The lowest BCUT2D eigenvalue weighted by Gasteiger charge is -2.41. The molecule has 0 spiro atoms. The molecule has 0 aromatic rings. The van der Waals surface area contributed by atoms with Crippen LogP contribution in [0.5, 0.6) is 0 Å². The molecular weight excluding hydrogens is 226 g/mol. The fourth-order valence-electron chi connectivity index (χ4n) is 3.50. The zero-order chi connectivity index (χ0) is 13.3. The first kappa shape index (κ1) is 13.9. The fraction of sp³-hybridized carbons (Fsp3) is 0.933. The molecule has 3 unspecified atom stereocenters. The normalized spacial score (nSPS) is 30.9. The molecule has 0 N–H and O–H groups in total. The molecule has 104 valence electrons.